The van der Waals surface area contributed by atoms with E-state index < -0.39 is 11.6 Å². The van der Waals surface area contributed by atoms with Gasteiger partial charge in [-0.05, 0) is 25.1 Å². The predicted molar refractivity (Wildman–Crippen MR) is 62.8 cm³/mol. The second-order valence-corrected chi connectivity index (χ2v) is 4.06. The van der Waals surface area contributed by atoms with Crippen LogP contribution in [0.4, 0.5) is 0 Å². The Hall–Kier alpha value is -2.30. The number of esters is 1. The summed E-state index contributed by atoms with van der Waals surface area (Å²) in [4.78, 5) is 11.9. The lowest BCUT2D eigenvalue weighted by atomic mass is 9.99. The van der Waals surface area contributed by atoms with Gasteiger partial charge in [0.15, 0.2) is 0 Å². The highest BCUT2D eigenvalue weighted by Crippen LogP contribution is 2.48. The minimum Gasteiger partial charge on any atom is -0.466 e. The molecule has 0 fully saturated rings. The first kappa shape index (κ1) is 10.8. The van der Waals surface area contributed by atoms with E-state index >= 15 is 0 Å². The highest BCUT2D eigenvalue weighted by Gasteiger charge is 2.60. The summed E-state index contributed by atoms with van der Waals surface area (Å²) in [7, 11) is 0. The van der Waals surface area contributed by atoms with Crippen molar-refractivity contribution in [3.63, 3.8) is 0 Å². The molecule has 0 amide bonds. The number of carbonyl (C=O) groups is 1. The van der Waals surface area contributed by atoms with Crippen molar-refractivity contribution in [1.82, 2.24) is 0 Å². The molecule has 0 saturated carbocycles. The normalized spacial score (nSPS) is 25.6. The Labute approximate surface area is 103 Å². The van der Waals surface area contributed by atoms with Crippen LogP contribution >= 0.6 is 0 Å². The Morgan fingerprint density at radius 1 is 1.50 bits per heavy atom. The van der Waals surface area contributed by atoms with Gasteiger partial charge in [0.05, 0.1) is 6.61 Å². The topological polar surface area (TPSA) is 68.1 Å². The molecule has 1 atom stereocenters. The maximum absolute atomic E-state index is 11.9. The second kappa shape index (κ2) is 3.60. The molecule has 0 radical (unpaired) electrons. The van der Waals surface area contributed by atoms with Gasteiger partial charge in [0.2, 0.25) is 0 Å². The van der Waals surface area contributed by atoms with Crippen LogP contribution in [0.2, 0.25) is 0 Å². The van der Waals surface area contributed by atoms with Crippen LogP contribution in [0.3, 0.4) is 0 Å². The molecular weight excluding hydrogens is 234 g/mol. The van der Waals surface area contributed by atoms with Gasteiger partial charge in [-0.25, -0.2) is 4.79 Å². The molecular formula is C13H11NO4. The van der Waals surface area contributed by atoms with Gasteiger partial charge in [0, 0.05) is 11.1 Å². The summed E-state index contributed by atoms with van der Waals surface area (Å²) >= 11 is 0. The van der Waals surface area contributed by atoms with Gasteiger partial charge in [-0.15, -0.1) is 0 Å². The summed E-state index contributed by atoms with van der Waals surface area (Å²) in [5.74, 6) is 0.0338. The zero-order valence-corrected chi connectivity index (χ0v) is 9.71. The zero-order valence-electron chi connectivity index (χ0n) is 9.71. The maximum Gasteiger partial charge on any atom is 0.359 e. The van der Waals surface area contributed by atoms with Crippen LogP contribution in [-0.2, 0) is 9.53 Å². The van der Waals surface area contributed by atoms with E-state index in [0.717, 1.165) is 0 Å². The van der Waals surface area contributed by atoms with Gasteiger partial charge in [-0.1, -0.05) is 17.3 Å². The fourth-order valence-electron chi connectivity index (χ4n) is 2.12. The van der Waals surface area contributed by atoms with E-state index in [4.69, 9.17) is 14.7 Å². The minimum absolute atomic E-state index is 0.276. The number of para-hydroxylation sites is 1. The third kappa shape index (κ3) is 1.27. The lowest BCUT2D eigenvalue weighted by molar-refractivity contribution is -0.152. The summed E-state index contributed by atoms with van der Waals surface area (Å²) in [6, 6.07) is 7.11. The highest BCUT2D eigenvalue weighted by molar-refractivity contribution is 6.24. The van der Waals surface area contributed by atoms with Crippen LogP contribution in [-0.4, -0.2) is 29.1 Å². The lowest BCUT2D eigenvalue weighted by Gasteiger charge is -2.25. The fraction of sp³-hybridized carbons (Fsp3) is 0.231. The van der Waals surface area contributed by atoms with Crippen molar-refractivity contribution in [2.24, 2.45) is 5.16 Å². The van der Waals surface area contributed by atoms with Crippen molar-refractivity contribution < 1.29 is 19.5 Å². The molecule has 1 aromatic carbocycles. The Balaban J connectivity index is 2.03. The number of fused-ring (bicyclic) bond motifs is 2. The van der Waals surface area contributed by atoms with E-state index in [9.17, 15) is 4.79 Å². The van der Waals surface area contributed by atoms with Gasteiger partial charge in [-0.3, -0.25) is 0 Å². The van der Waals surface area contributed by atoms with Crippen molar-refractivity contribution in [2.45, 2.75) is 12.5 Å². The van der Waals surface area contributed by atoms with Crippen molar-refractivity contribution in [3.05, 3.63) is 41.5 Å². The molecule has 1 aromatic rings. The molecule has 0 bridgehead atoms. The first-order chi connectivity index (χ1) is 8.73. The van der Waals surface area contributed by atoms with E-state index in [0.29, 0.717) is 22.6 Å². The van der Waals surface area contributed by atoms with Crippen LogP contribution in [0.15, 0.2) is 41.1 Å². The standard InChI is InChI=1S/C13H11NO4/c1-2-17-12(15)13-7-9(13)11(14-16)8-5-3-4-6-10(8)18-13/h3-7,16H,2H2,1H3/b14-11+. The SMILES string of the molecule is CCOC(=O)C12C=C1/C(=N/O)c1ccccc1O2. The summed E-state index contributed by atoms with van der Waals surface area (Å²) in [6.07, 6.45) is 1.61. The number of ether oxygens (including phenoxy) is 2. The fourth-order valence-corrected chi connectivity index (χ4v) is 2.12. The number of hydrogen-bond donors (Lipinski definition) is 1. The van der Waals surface area contributed by atoms with Crippen LogP contribution in [0.1, 0.15) is 12.5 Å². The van der Waals surface area contributed by atoms with Crippen molar-refractivity contribution in [1.29, 1.82) is 0 Å². The third-order valence-electron chi connectivity index (χ3n) is 3.01. The molecule has 0 saturated heterocycles. The van der Waals surface area contributed by atoms with Crippen molar-refractivity contribution in [2.75, 3.05) is 6.61 Å². The van der Waals surface area contributed by atoms with Crippen LogP contribution in [0, 0.1) is 0 Å². The highest BCUT2D eigenvalue weighted by atomic mass is 16.6. The van der Waals surface area contributed by atoms with Gasteiger partial charge in [0.1, 0.15) is 11.5 Å². The Morgan fingerprint density at radius 2 is 2.28 bits per heavy atom. The largest absolute Gasteiger partial charge is 0.466 e. The summed E-state index contributed by atoms with van der Waals surface area (Å²) < 4.78 is 10.7. The molecule has 1 aliphatic heterocycles. The van der Waals surface area contributed by atoms with E-state index in [1.807, 2.05) is 6.07 Å². The van der Waals surface area contributed by atoms with Gasteiger partial charge < -0.3 is 14.7 Å². The lowest BCUT2D eigenvalue weighted by Crippen LogP contribution is -2.39. The first-order valence-corrected chi connectivity index (χ1v) is 5.64. The zero-order chi connectivity index (χ0) is 12.8. The third-order valence-corrected chi connectivity index (χ3v) is 3.01. The molecule has 1 aliphatic carbocycles. The quantitative estimate of drug-likeness (QED) is 0.487. The smallest absolute Gasteiger partial charge is 0.359 e. The second-order valence-electron chi connectivity index (χ2n) is 4.06. The van der Waals surface area contributed by atoms with Crippen LogP contribution in [0.25, 0.3) is 0 Å². The Bertz CT molecular complexity index is 590. The Kier molecular flexibility index (Phi) is 2.16. The average molecular weight is 245 g/mol. The minimum atomic E-state index is -1.19. The molecule has 1 heterocycles. The van der Waals surface area contributed by atoms with Crippen molar-refractivity contribution >= 4 is 11.7 Å². The summed E-state index contributed by atoms with van der Waals surface area (Å²) in [5, 5.41) is 12.4. The molecule has 2 aliphatic rings. The van der Waals surface area contributed by atoms with E-state index in [-0.39, 0.29) is 6.61 Å². The number of hydrogen-bond acceptors (Lipinski definition) is 5. The molecule has 0 spiro atoms. The monoisotopic (exact) mass is 245 g/mol. The molecule has 1 N–H and O–H groups in total. The number of nitrogens with zero attached hydrogens (tertiary/aromatic N) is 1. The van der Waals surface area contributed by atoms with E-state index in [1.54, 1.807) is 31.2 Å². The molecule has 18 heavy (non-hydrogen) atoms. The number of benzene rings is 1. The number of carbonyl (C=O) groups excluding carboxylic acids is 1. The number of rotatable bonds is 2. The van der Waals surface area contributed by atoms with E-state index in [2.05, 4.69) is 5.16 Å². The van der Waals surface area contributed by atoms with Crippen LogP contribution < -0.4 is 4.74 Å². The summed E-state index contributed by atoms with van der Waals surface area (Å²) in [6.45, 7) is 2.01. The van der Waals surface area contributed by atoms with Gasteiger partial charge >= 0.3 is 5.97 Å². The van der Waals surface area contributed by atoms with Crippen LogP contribution in [0.5, 0.6) is 5.75 Å². The molecule has 1 unspecified atom stereocenters. The Morgan fingerprint density at radius 3 is 3.00 bits per heavy atom. The number of oxime groups is 1. The molecule has 92 valence electrons. The van der Waals surface area contributed by atoms with Gasteiger partial charge in [0.25, 0.3) is 5.60 Å². The first-order valence-electron chi connectivity index (χ1n) is 5.64. The summed E-state index contributed by atoms with van der Waals surface area (Å²) in [5.41, 5.74) is 0.405. The molecule has 5 nitrogen and oxygen atoms in total. The van der Waals surface area contributed by atoms with Gasteiger partial charge in [-0.2, -0.15) is 0 Å². The molecule has 5 heteroatoms. The molecule has 0 aromatic heterocycles. The predicted octanol–water partition coefficient (Wildman–Crippen LogP) is 1.50. The molecule has 3 rings (SSSR count). The van der Waals surface area contributed by atoms with Crippen molar-refractivity contribution in [3.8, 4) is 5.75 Å². The average Bonchev–Trinajstić information content (AvgIpc) is 3.11. The van der Waals surface area contributed by atoms with E-state index in [1.165, 1.54) is 0 Å². The maximum atomic E-state index is 11.9.